The normalized spacial score (nSPS) is 11.9. The van der Waals surface area contributed by atoms with Crippen molar-refractivity contribution >= 4 is 17.8 Å². The van der Waals surface area contributed by atoms with Crippen molar-refractivity contribution in [3.8, 4) is 0 Å². The second-order valence-corrected chi connectivity index (χ2v) is 12.1. The highest BCUT2D eigenvalue weighted by Crippen LogP contribution is 2.14. The van der Waals surface area contributed by atoms with Gasteiger partial charge in [-0.25, -0.2) is 4.79 Å². The van der Waals surface area contributed by atoms with Crippen LogP contribution in [0.4, 0.5) is 0 Å². The fraction of sp³-hybridized carbons (Fsp3) is 0.914. The second kappa shape index (κ2) is 31.3. The van der Waals surface area contributed by atoms with Crippen LogP contribution in [0.1, 0.15) is 194 Å². The zero-order chi connectivity index (χ0) is 30.2. The molecule has 0 heterocycles. The van der Waals surface area contributed by atoms with E-state index < -0.39 is 24.4 Å². The van der Waals surface area contributed by atoms with Gasteiger partial charge in [0.1, 0.15) is 6.04 Å². The minimum atomic E-state index is -1.12. The molecule has 0 aromatic carbocycles. The van der Waals surface area contributed by atoms with Crippen LogP contribution in [0, 0.1) is 0 Å². The lowest BCUT2D eigenvalue weighted by atomic mass is 10.0. The fourth-order valence-corrected chi connectivity index (χ4v) is 5.33. The lowest BCUT2D eigenvalue weighted by molar-refractivity contribution is -0.151. The van der Waals surface area contributed by atoms with E-state index in [0.29, 0.717) is 6.42 Å². The maximum absolute atomic E-state index is 12.4. The zero-order valence-electron chi connectivity index (χ0n) is 27.2. The molecule has 0 saturated heterocycles. The molecule has 242 valence electrons. The summed E-state index contributed by atoms with van der Waals surface area (Å²) in [4.78, 5) is 36.0. The monoisotopic (exact) mass is 582 g/mol. The van der Waals surface area contributed by atoms with E-state index in [0.717, 1.165) is 38.5 Å². The standard InChI is InChI=1S/C35H67NO5/c1-3-5-7-9-11-13-15-17-18-20-22-24-26-28-30-41-35(40)32(31-34(38)39)36-33(37)29-27-25-23-21-19-16-14-12-10-8-6-4-2/h32H,3-31H2,1-2H3,(H,36,37)(H,38,39)/t32-/m0/s1. The van der Waals surface area contributed by atoms with E-state index in [-0.39, 0.29) is 12.5 Å². The van der Waals surface area contributed by atoms with Gasteiger partial charge >= 0.3 is 11.9 Å². The summed E-state index contributed by atoms with van der Waals surface area (Å²) in [6.07, 6.45) is 32.1. The van der Waals surface area contributed by atoms with Crippen molar-refractivity contribution < 1.29 is 24.2 Å². The first-order valence-electron chi connectivity index (χ1n) is 17.7. The Kier molecular flexibility index (Phi) is 30.1. The first-order valence-corrected chi connectivity index (χ1v) is 17.7. The third kappa shape index (κ3) is 29.7. The summed E-state index contributed by atoms with van der Waals surface area (Å²) in [5.74, 6) is -2.02. The van der Waals surface area contributed by atoms with Gasteiger partial charge in [0.15, 0.2) is 0 Å². The third-order valence-electron chi connectivity index (χ3n) is 8.00. The van der Waals surface area contributed by atoms with Gasteiger partial charge < -0.3 is 15.2 Å². The maximum Gasteiger partial charge on any atom is 0.329 e. The minimum Gasteiger partial charge on any atom is -0.481 e. The Morgan fingerprint density at radius 2 is 0.878 bits per heavy atom. The van der Waals surface area contributed by atoms with E-state index in [1.807, 2.05) is 0 Å². The van der Waals surface area contributed by atoms with Crippen molar-refractivity contribution in [1.82, 2.24) is 5.32 Å². The van der Waals surface area contributed by atoms with Gasteiger partial charge in [0.25, 0.3) is 0 Å². The van der Waals surface area contributed by atoms with Gasteiger partial charge in [0, 0.05) is 6.42 Å². The van der Waals surface area contributed by atoms with Crippen LogP contribution in [-0.4, -0.2) is 35.6 Å². The lowest BCUT2D eigenvalue weighted by Gasteiger charge is -2.16. The van der Waals surface area contributed by atoms with E-state index in [2.05, 4.69) is 19.2 Å². The predicted octanol–water partition coefficient (Wildman–Crippen LogP) is 10.1. The number of aliphatic carboxylic acids is 1. The largest absolute Gasteiger partial charge is 0.481 e. The van der Waals surface area contributed by atoms with Gasteiger partial charge in [-0.15, -0.1) is 0 Å². The van der Waals surface area contributed by atoms with E-state index >= 15 is 0 Å². The van der Waals surface area contributed by atoms with Gasteiger partial charge in [-0.1, -0.05) is 168 Å². The SMILES string of the molecule is CCCCCCCCCCCCCCCCOC(=O)[C@H](CC(=O)O)NC(=O)CCCCCCCCCCCCCC. The van der Waals surface area contributed by atoms with E-state index in [1.165, 1.54) is 128 Å². The summed E-state index contributed by atoms with van der Waals surface area (Å²) < 4.78 is 5.31. The molecule has 41 heavy (non-hydrogen) atoms. The molecule has 0 spiro atoms. The molecule has 0 unspecified atom stereocenters. The summed E-state index contributed by atoms with van der Waals surface area (Å²) in [7, 11) is 0. The van der Waals surface area contributed by atoms with Crippen LogP contribution in [0.15, 0.2) is 0 Å². The molecule has 0 aliphatic carbocycles. The first kappa shape index (κ1) is 39.4. The molecule has 0 aliphatic heterocycles. The molecule has 1 amide bonds. The molecule has 1 atom stereocenters. The molecule has 0 bridgehead atoms. The number of ether oxygens (including phenoxy) is 1. The third-order valence-corrected chi connectivity index (χ3v) is 8.00. The molecular weight excluding hydrogens is 514 g/mol. The summed E-state index contributed by atoms with van der Waals surface area (Å²) in [6, 6.07) is -1.11. The van der Waals surface area contributed by atoms with Gasteiger partial charge in [-0.05, 0) is 12.8 Å². The number of carboxylic acids is 1. The highest BCUT2D eigenvalue weighted by Gasteiger charge is 2.25. The number of carbonyl (C=O) groups excluding carboxylic acids is 2. The Morgan fingerprint density at radius 1 is 0.537 bits per heavy atom. The average molecular weight is 582 g/mol. The number of carbonyl (C=O) groups is 3. The van der Waals surface area contributed by atoms with Crippen LogP contribution in [0.2, 0.25) is 0 Å². The number of rotatable bonds is 32. The van der Waals surface area contributed by atoms with Crippen LogP contribution in [0.3, 0.4) is 0 Å². The van der Waals surface area contributed by atoms with Gasteiger partial charge in [-0.2, -0.15) is 0 Å². The zero-order valence-corrected chi connectivity index (χ0v) is 27.2. The molecule has 0 rings (SSSR count). The second-order valence-electron chi connectivity index (χ2n) is 12.1. The summed E-state index contributed by atoms with van der Waals surface area (Å²) >= 11 is 0. The molecule has 0 aromatic heterocycles. The molecule has 6 heteroatoms. The number of esters is 1. The Balaban J connectivity index is 3.77. The molecule has 0 aliphatic rings. The van der Waals surface area contributed by atoms with E-state index in [9.17, 15) is 19.5 Å². The number of unbranched alkanes of at least 4 members (excludes halogenated alkanes) is 24. The van der Waals surface area contributed by atoms with Crippen molar-refractivity contribution in [2.75, 3.05) is 6.61 Å². The molecule has 0 saturated carbocycles. The number of hydrogen-bond acceptors (Lipinski definition) is 4. The fourth-order valence-electron chi connectivity index (χ4n) is 5.33. The predicted molar refractivity (Wildman–Crippen MR) is 171 cm³/mol. The molecule has 0 fully saturated rings. The highest BCUT2D eigenvalue weighted by molar-refractivity contribution is 5.87. The van der Waals surface area contributed by atoms with Gasteiger partial charge in [0.2, 0.25) is 5.91 Å². The Hall–Kier alpha value is -1.59. The van der Waals surface area contributed by atoms with Crippen molar-refractivity contribution in [1.29, 1.82) is 0 Å². The highest BCUT2D eigenvalue weighted by atomic mass is 16.5. The quantitative estimate of drug-likeness (QED) is 0.0609. The van der Waals surface area contributed by atoms with E-state index in [4.69, 9.17) is 4.74 Å². The van der Waals surface area contributed by atoms with E-state index in [1.54, 1.807) is 0 Å². The number of carboxylic acid groups (broad SMARTS) is 1. The smallest absolute Gasteiger partial charge is 0.329 e. The molecular formula is C35H67NO5. The molecule has 0 radical (unpaired) electrons. The van der Waals surface area contributed by atoms with Crippen LogP contribution in [0.5, 0.6) is 0 Å². The molecule has 6 nitrogen and oxygen atoms in total. The number of amides is 1. The van der Waals surface area contributed by atoms with Crippen LogP contribution in [-0.2, 0) is 19.1 Å². The Bertz CT molecular complexity index is 609. The summed E-state index contributed by atoms with van der Waals surface area (Å²) in [5.41, 5.74) is 0. The summed E-state index contributed by atoms with van der Waals surface area (Å²) in [5, 5.41) is 11.8. The first-order chi connectivity index (χ1) is 20.0. The van der Waals surface area contributed by atoms with Crippen LogP contribution in [0.25, 0.3) is 0 Å². The Labute approximate surface area is 253 Å². The summed E-state index contributed by atoms with van der Waals surface area (Å²) in [6.45, 7) is 4.78. The van der Waals surface area contributed by atoms with Crippen molar-refractivity contribution in [3.05, 3.63) is 0 Å². The Morgan fingerprint density at radius 3 is 1.24 bits per heavy atom. The van der Waals surface area contributed by atoms with Crippen molar-refractivity contribution in [2.24, 2.45) is 0 Å². The van der Waals surface area contributed by atoms with Crippen LogP contribution < -0.4 is 5.32 Å². The minimum absolute atomic E-state index is 0.267. The van der Waals surface area contributed by atoms with Gasteiger partial charge in [0.05, 0.1) is 13.0 Å². The average Bonchev–Trinajstić information content (AvgIpc) is 2.95. The van der Waals surface area contributed by atoms with Crippen molar-refractivity contribution in [3.63, 3.8) is 0 Å². The maximum atomic E-state index is 12.4. The topological polar surface area (TPSA) is 92.7 Å². The molecule has 0 aromatic rings. The lowest BCUT2D eigenvalue weighted by Crippen LogP contribution is -2.43. The van der Waals surface area contributed by atoms with Crippen molar-refractivity contribution in [2.45, 2.75) is 200 Å². The van der Waals surface area contributed by atoms with Gasteiger partial charge in [-0.3, -0.25) is 9.59 Å². The van der Waals surface area contributed by atoms with Crippen LogP contribution >= 0.6 is 0 Å². The molecule has 2 N–H and O–H groups in total. The number of hydrogen-bond donors (Lipinski definition) is 2. The number of nitrogens with one attached hydrogen (secondary N) is 1.